The minimum absolute atomic E-state index is 0.408. The van der Waals surface area contributed by atoms with Crippen LogP contribution in [-0.4, -0.2) is 37.3 Å². The van der Waals surface area contributed by atoms with Crippen molar-refractivity contribution in [2.75, 3.05) is 11.9 Å². The third-order valence-corrected chi connectivity index (χ3v) is 5.51. The molecule has 7 heteroatoms. The quantitative estimate of drug-likeness (QED) is 0.566. The van der Waals surface area contributed by atoms with Gasteiger partial charge in [0, 0.05) is 17.8 Å². The highest BCUT2D eigenvalue weighted by Crippen LogP contribution is 2.32. The molecule has 1 unspecified atom stereocenters. The number of nitrogens with one attached hydrogen (secondary N) is 1. The number of hydrogen-bond acceptors (Lipinski definition) is 6. The maximum Gasteiger partial charge on any atom is 0.227 e. The van der Waals surface area contributed by atoms with E-state index in [-0.39, 0.29) is 0 Å². The zero-order valence-corrected chi connectivity index (χ0v) is 15.8. The summed E-state index contributed by atoms with van der Waals surface area (Å²) < 4.78 is 1.77. The highest BCUT2D eigenvalue weighted by atomic mass is 32.1. The first-order chi connectivity index (χ1) is 12.5. The summed E-state index contributed by atoms with van der Waals surface area (Å²) in [5, 5.41) is 18.6. The SMILES string of the molecule is Cc1sc2nc(NCC(C)O)n3nc(Cc4ccccc4)nc3c2c1C. The van der Waals surface area contributed by atoms with Crippen molar-refractivity contribution in [2.24, 2.45) is 0 Å². The van der Waals surface area contributed by atoms with Crippen LogP contribution < -0.4 is 5.32 Å². The Labute approximate surface area is 155 Å². The van der Waals surface area contributed by atoms with Gasteiger partial charge >= 0.3 is 0 Å². The van der Waals surface area contributed by atoms with Gasteiger partial charge in [-0.1, -0.05) is 30.3 Å². The number of aliphatic hydroxyl groups is 1. The Morgan fingerprint density at radius 2 is 1.96 bits per heavy atom. The second-order valence-electron chi connectivity index (χ2n) is 6.55. The van der Waals surface area contributed by atoms with Crippen LogP contribution in [0, 0.1) is 13.8 Å². The highest BCUT2D eigenvalue weighted by Gasteiger charge is 2.18. The fraction of sp³-hybridized carbons (Fsp3) is 0.316. The predicted molar refractivity (Wildman–Crippen MR) is 105 cm³/mol. The number of nitrogens with zero attached hydrogens (tertiary/aromatic N) is 4. The molecular weight excluding hydrogens is 346 g/mol. The number of rotatable bonds is 5. The molecular formula is C19H21N5OS. The monoisotopic (exact) mass is 367 g/mol. The highest BCUT2D eigenvalue weighted by molar-refractivity contribution is 7.18. The zero-order valence-electron chi connectivity index (χ0n) is 15.0. The van der Waals surface area contributed by atoms with E-state index in [1.54, 1.807) is 22.8 Å². The van der Waals surface area contributed by atoms with Gasteiger partial charge in [-0.15, -0.1) is 16.4 Å². The molecule has 0 amide bonds. The van der Waals surface area contributed by atoms with Gasteiger partial charge in [-0.2, -0.15) is 4.52 Å². The van der Waals surface area contributed by atoms with Crippen LogP contribution >= 0.6 is 11.3 Å². The lowest BCUT2D eigenvalue weighted by atomic mass is 10.1. The average Bonchev–Trinajstić information content (AvgIpc) is 3.14. The van der Waals surface area contributed by atoms with Gasteiger partial charge in [0.25, 0.3) is 0 Å². The standard InChI is InChI=1S/C19H21N5OS/c1-11(25)10-20-19-22-18-16(12(2)13(3)26-18)17-21-15(23-24(17)19)9-14-7-5-4-6-8-14/h4-8,11,25H,9-10H2,1-3H3,(H,20,22). The molecule has 6 nitrogen and oxygen atoms in total. The van der Waals surface area contributed by atoms with E-state index < -0.39 is 6.10 Å². The molecule has 3 aromatic heterocycles. The summed E-state index contributed by atoms with van der Waals surface area (Å²) in [4.78, 5) is 11.7. The van der Waals surface area contributed by atoms with Crippen molar-refractivity contribution in [1.82, 2.24) is 19.6 Å². The van der Waals surface area contributed by atoms with E-state index in [2.05, 4.69) is 36.4 Å². The smallest absolute Gasteiger partial charge is 0.227 e. The summed E-state index contributed by atoms with van der Waals surface area (Å²) in [5.41, 5.74) is 3.18. The first-order valence-corrected chi connectivity index (χ1v) is 9.46. The Balaban J connectivity index is 1.86. The molecule has 0 bridgehead atoms. The van der Waals surface area contributed by atoms with E-state index in [9.17, 15) is 5.11 Å². The van der Waals surface area contributed by atoms with Gasteiger partial charge in [-0.25, -0.2) is 9.97 Å². The van der Waals surface area contributed by atoms with Crippen molar-refractivity contribution in [1.29, 1.82) is 0 Å². The molecule has 1 atom stereocenters. The molecule has 0 saturated carbocycles. The van der Waals surface area contributed by atoms with Crippen molar-refractivity contribution in [2.45, 2.75) is 33.3 Å². The maximum atomic E-state index is 9.61. The van der Waals surface area contributed by atoms with Crippen LogP contribution in [0.15, 0.2) is 30.3 Å². The largest absolute Gasteiger partial charge is 0.392 e. The van der Waals surface area contributed by atoms with E-state index in [1.165, 1.54) is 16.0 Å². The molecule has 0 aliphatic carbocycles. The Kier molecular flexibility index (Phi) is 4.34. The van der Waals surface area contributed by atoms with Crippen molar-refractivity contribution < 1.29 is 5.11 Å². The van der Waals surface area contributed by atoms with Gasteiger partial charge in [0.15, 0.2) is 11.5 Å². The number of thiophene rings is 1. The number of fused-ring (bicyclic) bond motifs is 3. The number of aromatic nitrogens is 4. The normalized spacial score (nSPS) is 12.8. The van der Waals surface area contributed by atoms with Crippen LogP contribution in [0.1, 0.15) is 28.8 Å². The molecule has 0 saturated heterocycles. The second kappa shape index (κ2) is 6.66. The van der Waals surface area contributed by atoms with Crippen LogP contribution in [0.3, 0.4) is 0 Å². The van der Waals surface area contributed by atoms with E-state index >= 15 is 0 Å². The van der Waals surface area contributed by atoms with Crippen LogP contribution in [0.5, 0.6) is 0 Å². The number of anilines is 1. The van der Waals surface area contributed by atoms with E-state index in [0.717, 1.165) is 21.7 Å². The summed E-state index contributed by atoms with van der Waals surface area (Å²) in [7, 11) is 0. The molecule has 0 aliphatic heterocycles. The molecule has 26 heavy (non-hydrogen) atoms. The molecule has 3 heterocycles. The van der Waals surface area contributed by atoms with Gasteiger partial charge in [-0.3, -0.25) is 0 Å². The van der Waals surface area contributed by atoms with E-state index in [4.69, 9.17) is 9.97 Å². The summed E-state index contributed by atoms with van der Waals surface area (Å²) >= 11 is 1.66. The lowest BCUT2D eigenvalue weighted by molar-refractivity contribution is 0.208. The van der Waals surface area contributed by atoms with E-state index in [0.29, 0.717) is 18.9 Å². The molecule has 2 N–H and O–H groups in total. The Bertz CT molecular complexity index is 1070. The molecule has 0 radical (unpaired) electrons. The molecule has 0 spiro atoms. The van der Waals surface area contributed by atoms with Gasteiger partial charge < -0.3 is 10.4 Å². The fourth-order valence-corrected chi connectivity index (χ4v) is 3.99. The zero-order chi connectivity index (χ0) is 18.3. The summed E-state index contributed by atoms with van der Waals surface area (Å²) in [6.45, 7) is 6.35. The van der Waals surface area contributed by atoms with Crippen LogP contribution in [0.2, 0.25) is 0 Å². The summed E-state index contributed by atoms with van der Waals surface area (Å²) in [5.74, 6) is 1.37. The van der Waals surface area contributed by atoms with Gasteiger partial charge in [0.05, 0.1) is 11.5 Å². The van der Waals surface area contributed by atoms with Crippen LogP contribution in [0.4, 0.5) is 5.95 Å². The topological polar surface area (TPSA) is 75.3 Å². The van der Waals surface area contributed by atoms with Crippen molar-refractivity contribution >= 4 is 33.1 Å². The molecule has 0 fully saturated rings. The first-order valence-electron chi connectivity index (χ1n) is 8.64. The van der Waals surface area contributed by atoms with Crippen molar-refractivity contribution in [3.8, 4) is 0 Å². The summed E-state index contributed by atoms with van der Waals surface area (Å²) in [6, 6.07) is 10.2. The average molecular weight is 367 g/mol. The number of hydrogen-bond donors (Lipinski definition) is 2. The second-order valence-corrected chi connectivity index (χ2v) is 7.76. The Hall–Kier alpha value is -2.51. The number of aryl methyl sites for hydroxylation is 2. The molecule has 4 aromatic rings. The van der Waals surface area contributed by atoms with Crippen molar-refractivity contribution in [3.63, 3.8) is 0 Å². The minimum Gasteiger partial charge on any atom is -0.392 e. The van der Waals surface area contributed by atoms with Crippen LogP contribution in [-0.2, 0) is 6.42 Å². The number of aliphatic hydroxyl groups excluding tert-OH is 1. The molecule has 134 valence electrons. The van der Waals surface area contributed by atoms with Gasteiger partial charge in [0.1, 0.15) is 4.83 Å². The molecule has 1 aromatic carbocycles. The predicted octanol–water partition coefficient (Wildman–Crippen LogP) is 3.34. The third kappa shape index (κ3) is 3.04. The third-order valence-electron chi connectivity index (χ3n) is 4.41. The molecule has 4 rings (SSSR count). The molecule has 0 aliphatic rings. The fourth-order valence-electron chi connectivity index (χ4n) is 2.97. The van der Waals surface area contributed by atoms with E-state index in [1.807, 2.05) is 18.2 Å². The lowest BCUT2D eigenvalue weighted by Gasteiger charge is -2.09. The number of benzene rings is 1. The van der Waals surface area contributed by atoms with Gasteiger partial charge in [-0.05, 0) is 31.9 Å². The van der Waals surface area contributed by atoms with Gasteiger partial charge in [0.2, 0.25) is 5.95 Å². The van der Waals surface area contributed by atoms with Crippen molar-refractivity contribution in [3.05, 3.63) is 52.2 Å². The minimum atomic E-state index is -0.471. The Morgan fingerprint density at radius 3 is 2.69 bits per heavy atom. The van der Waals surface area contributed by atoms with Crippen LogP contribution in [0.25, 0.3) is 15.9 Å². The lowest BCUT2D eigenvalue weighted by Crippen LogP contribution is -2.18. The Morgan fingerprint density at radius 1 is 1.19 bits per heavy atom. The summed E-state index contributed by atoms with van der Waals surface area (Å²) in [6.07, 6.45) is 0.198. The maximum absolute atomic E-state index is 9.61. The first kappa shape index (κ1) is 16.9.